The summed E-state index contributed by atoms with van der Waals surface area (Å²) in [6.07, 6.45) is 3.74. The highest BCUT2D eigenvalue weighted by molar-refractivity contribution is 5.80. The Morgan fingerprint density at radius 3 is 2.79 bits per heavy atom. The van der Waals surface area contributed by atoms with Gasteiger partial charge in [0.25, 0.3) is 0 Å². The van der Waals surface area contributed by atoms with E-state index in [1.807, 2.05) is 43.0 Å². The lowest BCUT2D eigenvalue weighted by Crippen LogP contribution is -2.48. The van der Waals surface area contributed by atoms with Gasteiger partial charge in [-0.3, -0.25) is 9.59 Å². The second kappa shape index (κ2) is 8.71. The molecule has 2 atom stereocenters. The first-order chi connectivity index (χ1) is 11.5. The van der Waals surface area contributed by atoms with Crippen LogP contribution in [0.25, 0.3) is 0 Å². The number of ether oxygens (including phenoxy) is 1. The summed E-state index contributed by atoms with van der Waals surface area (Å²) >= 11 is 0. The zero-order valence-electron chi connectivity index (χ0n) is 14.7. The van der Waals surface area contributed by atoms with Crippen LogP contribution in [0.4, 0.5) is 0 Å². The number of likely N-dealkylation sites (tertiary alicyclic amines) is 1. The van der Waals surface area contributed by atoms with Crippen molar-refractivity contribution in [3.63, 3.8) is 0 Å². The molecule has 1 aromatic rings. The standard InChI is InChI=1S/C19H28N2O3/c1-14-6-5-7-17(12-14)24-11-4-3-8-18(22)21-13-16(19(20)23)10-9-15(21)2/h5-7,12,15-16H,3-4,8-11,13H2,1-2H3,(H2,20,23)/t15-,16+/m1/s1. The Morgan fingerprint density at radius 2 is 2.08 bits per heavy atom. The van der Waals surface area contributed by atoms with Gasteiger partial charge in [-0.05, 0) is 57.2 Å². The SMILES string of the molecule is Cc1cccc(OCCCCC(=O)N2C[C@@H](C(N)=O)CC[C@H]2C)c1. The van der Waals surface area contributed by atoms with Gasteiger partial charge in [0.2, 0.25) is 11.8 Å². The molecular weight excluding hydrogens is 304 g/mol. The number of hydrogen-bond donors (Lipinski definition) is 1. The van der Waals surface area contributed by atoms with Crippen molar-refractivity contribution < 1.29 is 14.3 Å². The number of aryl methyl sites for hydroxylation is 1. The zero-order chi connectivity index (χ0) is 17.5. The highest BCUT2D eigenvalue weighted by Crippen LogP contribution is 2.23. The lowest BCUT2D eigenvalue weighted by atomic mass is 9.92. The molecule has 2 amide bonds. The van der Waals surface area contributed by atoms with Crippen LogP contribution in [-0.4, -0.2) is 35.9 Å². The lowest BCUT2D eigenvalue weighted by molar-refractivity contribution is -0.137. The minimum absolute atomic E-state index is 0.115. The third kappa shape index (κ3) is 5.25. The van der Waals surface area contributed by atoms with Gasteiger partial charge in [-0.1, -0.05) is 12.1 Å². The number of hydrogen-bond acceptors (Lipinski definition) is 3. The number of nitrogens with zero attached hydrogens (tertiary/aromatic N) is 1. The van der Waals surface area contributed by atoms with E-state index in [0.717, 1.165) is 31.4 Å². The van der Waals surface area contributed by atoms with Crippen LogP contribution in [0, 0.1) is 12.8 Å². The summed E-state index contributed by atoms with van der Waals surface area (Å²) in [6, 6.07) is 8.14. The maximum absolute atomic E-state index is 12.4. The van der Waals surface area contributed by atoms with E-state index in [9.17, 15) is 9.59 Å². The molecule has 132 valence electrons. The molecule has 0 unspecified atom stereocenters. The van der Waals surface area contributed by atoms with E-state index in [4.69, 9.17) is 10.5 Å². The first-order valence-electron chi connectivity index (χ1n) is 8.75. The molecule has 0 aromatic heterocycles. The number of carbonyl (C=O) groups is 2. The highest BCUT2D eigenvalue weighted by Gasteiger charge is 2.31. The van der Waals surface area contributed by atoms with Crippen LogP contribution >= 0.6 is 0 Å². The molecule has 5 nitrogen and oxygen atoms in total. The summed E-state index contributed by atoms with van der Waals surface area (Å²) in [5, 5.41) is 0. The first-order valence-corrected chi connectivity index (χ1v) is 8.75. The van der Waals surface area contributed by atoms with E-state index in [1.54, 1.807) is 0 Å². The molecule has 0 aliphatic carbocycles. The van der Waals surface area contributed by atoms with Crippen LogP contribution in [0.1, 0.15) is 44.6 Å². The predicted octanol–water partition coefficient (Wildman–Crippen LogP) is 2.66. The third-order valence-corrected chi connectivity index (χ3v) is 4.65. The van der Waals surface area contributed by atoms with Crippen LogP contribution < -0.4 is 10.5 Å². The van der Waals surface area contributed by atoms with Crippen molar-refractivity contribution in [2.45, 2.75) is 52.0 Å². The van der Waals surface area contributed by atoms with Gasteiger partial charge in [0.05, 0.1) is 12.5 Å². The number of primary amides is 1. The van der Waals surface area contributed by atoms with Crippen molar-refractivity contribution in [2.24, 2.45) is 11.7 Å². The second-order valence-corrected chi connectivity index (χ2v) is 6.69. The Bertz CT molecular complexity index is 573. The number of benzene rings is 1. The molecule has 2 N–H and O–H groups in total. The van der Waals surface area contributed by atoms with Gasteiger partial charge in [0.15, 0.2) is 0 Å². The van der Waals surface area contributed by atoms with Crippen molar-refractivity contribution in [1.29, 1.82) is 0 Å². The van der Waals surface area contributed by atoms with Crippen LogP contribution in [0.15, 0.2) is 24.3 Å². The molecule has 1 aromatic carbocycles. The van der Waals surface area contributed by atoms with Gasteiger partial charge in [0, 0.05) is 19.0 Å². The summed E-state index contributed by atoms with van der Waals surface area (Å²) in [6.45, 7) is 5.14. The van der Waals surface area contributed by atoms with Gasteiger partial charge in [-0.2, -0.15) is 0 Å². The van der Waals surface area contributed by atoms with Crippen LogP contribution in [-0.2, 0) is 9.59 Å². The number of amides is 2. The monoisotopic (exact) mass is 332 g/mol. The third-order valence-electron chi connectivity index (χ3n) is 4.65. The van der Waals surface area contributed by atoms with Crippen molar-refractivity contribution in [3.8, 4) is 5.75 Å². The van der Waals surface area contributed by atoms with E-state index in [-0.39, 0.29) is 23.8 Å². The summed E-state index contributed by atoms with van der Waals surface area (Å²) in [5.74, 6) is 0.486. The first kappa shape index (κ1) is 18.3. The molecule has 1 aliphatic rings. The van der Waals surface area contributed by atoms with E-state index in [2.05, 4.69) is 0 Å². The van der Waals surface area contributed by atoms with Gasteiger partial charge in [-0.25, -0.2) is 0 Å². The summed E-state index contributed by atoms with van der Waals surface area (Å²) in [4.78, 5) is 25.6. The Morgan fingerprint density at radius 1 is 1.29 bits per heavy atom. The van der Waals surface area contributed by atoms with Gasteiger partial charge < -0.3 is 15.4 Å². The molecule has 5 heteroatoms. The average molecular weight is 332 g/mol. The van der Waals surface area contributed by atoms with Crippen molar-refractivity contribution in [2.75, 3.05) is 13.2 Å². The van der Waals surface area contributed by atoms with Gasteiger partial charge in [0.1, 0.15) is 5.75 Å². The Balaban J connectivity index is 1.69. The van der Waals surface area contributed by atoms with E-state index in [1.165, 1.54) is 5.56 Å². The molecule has 1 fully saturated rings. The molecule has 1 saturated heterocycles. The molecule has 0 radical (unpaired) electrons. The Hall–Kier alpha value is -2.04. The minimum Gasteiger partial charge on any atom is -0.494 e. The minimum atomic E-state index is -0.300. The van der Waals surface area contributed by atoms with Crippen LogP contribution in [0.3, 0.4) is 0 Å². The smallest absolute Gasteiger partial charge is 0.222 e. The normalized spacial score (nSPS) is 20.7. The lowest BCUT2D eigenvalue weighted by Gasteiger charge is -2.37. The Kier molecular flexibility index (Phi) is 6.64. The highest BCUT2D eigenvalue weighted by atomic mass is 16.5. The van der Waals surface area contributed by atoms with Crippen LogP contribution in [0.5, 0.6) is 5.75 Å². The molecule has 24 heavy (non-hydrogen) atoms. The van der Waals surface area contributed by atoms with Crippen molar-refractivity contribution >= 4 is 11.8 Å². The maximum Gasteiger partial charge on any atom is 0.222 e. The molecule has 2 rings (SSSR count). The summed E-state index contributed by atoms with van der Waals surface area (Å²) < 4.78 is 5.70. The predicted molar refractivity (Wildman–Crippen MR) is 93.6 cm³/mol. The zero-order valence-corrected chi connectivity index (χ0v) is 14.7. The second-order valence-electron chi connectivity index (χ2n) is 6.69. The quantitative estimate of drug-likeness (QED) is 0.780. The Labute approximate surface area is 144 Å². The summed E-state index contributed by atoms with van der Waals surface area (Å²) in [5.41, 5.74) is 6.56. The van der Waals surface area contributed by atoms with Crippen molar-refractivity contribution in [1.82, 2.24) is 4.90 Å². The number of nitrogens with two attached hydrogens (primary N) is 1. The van der Waals surface area contributed by atoms with E-state index >= 15 is 0 Å². The maximum atomic E-state index is 12.4. The largest absolute Gasteiger partial charge is 0.494 e. The molecule has 1 aliphatic heterocycles. The van der Waals surface area contributed by atoms with Crippen LogP contribution in [0.2, 0.25) is 0 Å². The fraction of sp³-hybridized carbons (Fsp3) is 0.579. The van der Waals surface area contributed by atoms with Crippen molar-refractivity contribution in [3.05, 3.63) is 29.8 Å². The van der Waals surface area contributed by atoms with Gasteiger partial charge >= 0.3 is 0 Å². The van der Waals surface area contributed by atoms with E-state index in [0.29, 0.717) is 19.6 Å². The number of unbranched alkanes of at least 4 members (excludes halogenated alkanes) is 1. The van der Waals surface area contributed by atoms with Gasteiger partial charge in [-0.15, -0.1) is 0 Å². The van der Waals surface area contributed by atoms with E-state index < -0.39 is 0 Å². The molecule has 0 spiro atoms. The molecule has 0 bridgehead atoms. The number of piperidine rings is 1. The number of rotatable bonds is 7. The topological polar surface area (TPSA) is 72.6 Å². The number of carbonyl (C=O) groups excluding carboxylic acids is 2. The molecular formula is C19H28N2O3. The molecule has 1 heterocycles. The summed E-state index contributed by atoms with van der Waals surface area (Å²) in [7, 11) is 0. The molecule has 0 saturated carbocycles. The fourth-order valence-electron chi connectivity index (χ4n) is 3.10. The average Bonchev–Trinajstić information content (AvgIpc) is 2.54. The fourth-order valence-corrected chi connectivity index (χ4v) is 3.10.